The molecule has 2 rings (SSSR count). The third kappa shape index (κ3) is 3.11. The van der Waals surface area contributed by atoms with Crippen LogP contribution in [0.25, 0.3) is 11.8 Å². The monoisotopic (exact) mass is 288 g/mol. The smallest absolute Gasteiger partial charge is 0.328 e. The molecule has 0 aliphatic carbocycles. The minimum absolute atomic E-state index is 0.171. The van der Waals surface area contributed by atoms with Crippen LogP contribution in [0.4, 0.5) is 5.69 Å². The molecule has 8 nitrogen and oxygen atoms in total. The Kier molecular flexibility index (Phi) is 3.79. The molecule has 1 aromatic carbocycles. The van der Waals surface area contributed by atoms with E-state index in [0.29, 0.717) is 17.2 Å². The summed E-state index contributed by atoms with van der Waals surface area (Å²) in [5.74, 6) is -0.0782. The van der Waals surface area contributed by atoms with Crippen LogP contribution < -0.4 is 0 Å². The number of hydrogen-bond acceptors (Lipinski definition) is 5. The number of aliphatic carboxylic acids is 1. The Hall–Kier alpha value is -3.03. The highest BCUT2D eigenvalue weighted by molar-refractivity contribution is 5.85. The predicted octanol–water partition coefficient (Wildman–Crippen LogP) is 1.89. The van der Waals surface area contributed by atoms with E-state index < -0.39 is 10.9 Å². The summed E-state index contributed by atoms with van der Waals surface area (Å²) in [7, 11) is 0. The zero-order valence-corrected chi connectivity index (χ0v) is 11.3. The van der Waals surface area contributed by atoms with E-state index in [1.807, 2.05) is 0 Å². The number of hydrogen-bond donors (Lipinski definition) is 1. The molecule has 0 aliphatic rings. The van der Waals surface area contributed by atoms with Crippen LogP contribution in [-0.4, -0.2) is 30.8 Å². The summed E-state index contributed by atoms with van der Waals surface area (Å²) in [5, 5.41) is 23.9. The lowest BCUT2D eigenvalue weighted by Crippen LogP contribution is -2.04. The van der Waals surface area contributed by atoms with Crippen LogP contribution >= 0.6 is 0 Å². The molecule has 1 aromatic heterocycles. The Bertz CT molecular complexity index is 749. The number of nitrogens with zero attached hydrogens (tertiary/aromatic N) is 4. The second kappa shape index (κ2) is 5.53. The summed E-state index contributed by atoms with van der Waals surface area (Å²) in [4.78, 5) is 25.3. The number of benzene rings is 1. The maximum atomic E-state index is 11.2. The maximum Gasteiger partial charge on any atom is 0.328 e. The number of aromatic nitrogens is 3. The summed E-state index contributed by atoms with van der Waals surface area (Å²) in [6.45, 7) is 3.39. The van der Waals surface area contributed by atoms with Gasteiger partial charge >= 0.3 is 5.97 Å². The van der Waals surface area contributed by atoms with E-state index in [0.717, 1.165) is 6.08 Å². The highest BCUT2D eigenvalue weighted by Gasteiger charge is 2.18. The first-order chi connectivity index (χ1) is 9.88. The molecule has 108 valence electrons. The van der Waals surface area contributed by atoms with Crippen LogP contribution in [0.15, 0.2) is 24.3 Å². The van der Waals surface area contributed by atoms with Crippen molar-refractivity contribution in [2.45, 2.75) is 13.8 Å². The molecule has 1 N–H and O–H groups in total. The summed E-state index contributed by atoms with van der Waals surface area (Å²) in [5.41, 5.74) is 0.531. The fourth-order valence-electron chi connectivity index (χ4n) is 1.89. The van der Waals surface area contributed by atoms with Gasteiger partial charge < -0.3 is 5.11 Å². The molecule has 0 aliphatic heterocycles. The van der Waals surface area contributed by atoms with E-state index in [2.05, 4.69) is 10.1 Å². The van der Waals surface area contributed by atoms with Gasteiger partial charge in [-0.1, -0.05) is 6.07 Å². The standard InChI is InChI=1S/C13H12N4O4/c1-8-14-9(2)16(15-8)11-5-3-10(4-6-13(18)19)7-12(11)17(20)21/h3-7H,1-2H3,(H,18,19). The molecule has 8 heteroatoms. The van der Waals surface area contributed by atoms with Crippen molar-refractivity contribution in [1.29, 1.82) is 0 Å². The summed E-state index contributed by atoms with van der Waals surface area (Å²) >= 11 is 0. The molecule has 21 heavy (non-hydrogen) atoms. The summed E-state index contributed by atoms with van der Waals surface area (Å²) in [6.07, 6.45) is 2.21. The number of nitro groups is 1. The van der Waals surface area contributed by atoms with Crippen molar-refractivity contribution in [3.05, 3.63) is 51.6 Å². The number of aryl methyl sites for hydroxylation is 2. The fraction of sp³-hybridized carbons (Fsp3) is 0.154. The minimum Gasteiger partial charge on any atom is -0.478 e. The SMILES string of the molecule is Cc1nc(C)n(-c2ccc(C=CC(=O)O)cc2[N+](=O)[O-])n1. The molecule has 0 atom stereocenters. The van der Waals surface area contributed by atoms with Crippen LogP contribution in [0.5, 0.6) is 0 Å². The molecule has 0 unspecified atom stereocenters. The van der Waals surface area contributed by atoms with Crippen molar-refractivity contribution in [2.75, 3.05) is 0 Å². The molecule has 0 saturated heterocycles. The van der Waals surface area contributed by atoms with Crippen molar-refractivity contribution >= 4 is 17.7 Å². The predicted molar refractivity (Wildman–Crippen MR) is 74.2 cm³/mol. The van der Waals surface area contributed by atoms with E-state index >= 15 is 0 Å². The average Bonchev–Trinajstić information content (AvgIpc) is 2.75. The van der Waals surface area contributed by atoms with Gasteiger partial charge in [0.15, 0.2) is 0 Å². The molecular weight excluding hydrogens is 276 g/mol. The maximum absolute atomic E-state index is 11.2. The van der Waals surface area contributed by atoms with Gasteiger partial charge in [-0.15, -0.1) is 0 Å². The molecule has 0 spiro atoms. The highest BCUT2D eigenvalue weighted by atomic mass is 16.6. The number of rotatable bonds is 4. The van der Waals surface area contributed by atoms with Gasteiger partial charge in [0.1, 0.15) is 17.3 Å². The molecule has 0 fully saturated rings. The average molecular weight is 288 g/mol. The van der Waals surface area contributed by atoms with Crippen LogP contribution in [0.1, 0.15) is 17.2 Å². The summed E-state index contributed by atoms with van der Waals surface area (Å²) in [6, 6.07) is 4.39. The highest BCUT2D eigenvalue weighted by Crippen LogP contribution is 2.25. The second-order valence-corrected chi connectivity index (χ2v) is 4.29. The normalized spacial score (nSPS) is 11.0. The van der Waals surface area contributed by atoms with Crippen molar-refractivity contribution < 1.29 is 14.8 Å². The van der Waals surface area contributed by atoms with Crippen LogP contribution in [-0.2, 0) is 4.79 Å². The molecule has 0 bridgehead atoms. The zero-order chi connectivity index (χ0) is 15.6. The van der Waals surface area contributed by atoms with Gasteiger partial charge in [0, 0.05) is 12.1 Å². The van der Waals surface area contributed by atoms with E-state index in [-0.39, 0.29) is 11.4 Å². The number of carboxylic acid groups (broad SMARTS) is 1. The van der Waals surface area contributed by atoms with Crippen molar-refractivity contribution in [1.82, 2.24) is 14.8 Å². The first-order valence-corrected chi connectivity index (χ1v) is 5.98. The number of carboxylic acids is 1. The number of nitro benzene ring substituents is 1. The molecule has 0 radical (unpaired) electrons. The van der Waals surface area contributed by atoms with Crippen LogP contribution in [0, 0.1) is 24.0 Å². The fourth-order valence-corrected chi connectivity index (χ4v) is 1.89. The van der Waals surface area contributed by atoms with Gasteiger partial charge in [0.2, 0.25) is 0 Å². The Morgan fingerprint density at radius 1 is 1.43 bits per heavy atom. The molecule has 2 aromatic rings. The third-order valence-electron chi connectivity index (χ3n) is 2.72. The van der Waals surface area contributed by atoms with Crippen LogP contribution in [0.3, 0.4) is 0 Å². The van der Waals surface area contributed by atoms with Gasteiger partial charge in [-0.25, -0.2) is 14.5 Å². The third-order valence-corrected chi connectivity index (χ3v) is 2.72. The quantitative estimate of drug-likeness (QED) is 0.522. The van der Waals surface area contributed by atoms with Gasteiger partial charge in [0.25, 0.3) is 5.69 Å². The first-order valence-electron chi connectivity index (χ1n) is 5.98. The van der Waals surface area contributed by atoms with Gasteiger partial charge in [0.05, 0.1) is 4.92 Å². The summed E-state index contributed by atoms with van der Waals surface area (Å²) < 4.78 is 1.39. The molecule has 0 amide bonds. The Balaban J connectivity index is 2.55. The lowest BCUT2D eigenvalue weighted by Gasteiger charge is -2.05. The lowest BCUT2D eigenvalue weighted by molar-refractivity contribution is -0.384. The molecule has 0 saturated carbocycles. The van der Waals surface area contributed by atoms with Crippen molar-refractivity contribution in [2.24, 2.45) is 0 Å². The largest absolute Gasteiger partial charge is 0.478 e. The lowest BCUT2D eigenvalue weighted by atomic mass is 10.1. The van der Waals surface area contributed by atoms with E-state index in [1.165, 1.54) is 22.9 Å². The second-order valence-electron chi connectivity index (χ2n) is 4.29. The van der Waals surface area contributed by atoms with E-state index in [4.69, 9.17) is 5.11 Å². The van der Waals surface area contributed by atoms with E-state index in [1.54, 1.807) is 19.9 Å². The minimum atomic E-state index is -1.12. The zero-order valence-electron chi connectivity index (χ0n) is 11.3. The van der Waals surface area contributed by atoms with Crippen LogP contribution in [0.2, 0.25) is 0 Å². The van der Waals surface area contributed by atoms with Crippen molar-refractivity contribution in [3.63, 3.8) is 0 Å². The molecular formula is C13H12N4O4. The van der Waals surface area contributed by atoms with Crippen molar-refractivity contribution in [3.8, 4) is 5.69 Å². The van der Waals surface area contributed by atoms with E-state index in [9.17, 15) is 14.9 Å². The number of carbonyl (C=O) groups is 1. The van der Waals surface area contributed by atoms with Gasteiger partial charge in [-0.2, -0.15) is 5.10 Å². The van der Waals surface area contributed by atoms with Gasteiger partial charge in [-0.3, -0.25) is 10.1 Å². The molecule has 1 heterocycles. The Labute approximate surface area is 119 Å². The Morgan fingerprint density at radius 3 is 2.67 bits per heavy atom. The topological polar surface area (TPSA) is 111 Å². The van der Waals surface area contributed by atoms with Gasteiger partial charge in [-0.05, 0) is 31.6 Å². The first kappa shape index (κ1) is 14.4. The Morgan fingerprint density at radius 2 is 2.14 bits per heavy atom.